The molecule has 4 heteroatoms. The average molecular weight is 266 g/mol. The molecule has 1 unspecified atom stereocenters. The molecule has 1 aromatic carbocycles. The van der Waals surface area contributed by atoms with Crippen molar-refractivity contribution in [3.8, 4) is 0 Å². The molecule has 0 aliphatic carbocycles. The van der Waals surface area contributed by atoms with Crippen LogP contribution in [0.1, 0.15) is 44.4 Å². The van der Waals surface area contributed by atoms with Gasteiger partial charge >= 0.3 is 0 Å². The molecule has 0 amide bonds. The molecule has 1 aliphatic heterocycles. The second kappa shape index (κ2) is 5.61. The number of benzene rings is 1. The third-order valence-electron chi connectivity index (χ3n) is 3.16. The molecule has 1 heterocycles. The summed E-state index contributed by atoms with van der Waals surface area (Å²) in [7, 11) is 0. The predicted octanol–water partition coefficient (Wildman–Crippen LogP) is 2.27. The largest absolute Gasteiger partial charge is 0.598 e. The quantitative estimate of drug-likeness (QED) is 0.807. The van der Waals surface area contributed by atoms with E-state index in [0.717, 1.165) is 19.5 Å². The maximum absolute atomic E-state index is 12.2. The summed E-state index contributed by atoms with van der Waals surface area (Å²) >= 11 is -1.03. The van der Waals surface area contributed by atoms with Gasteiger partial charge in [0.25, 0.3) is 0 Å². The van der Waals surface area contributed by atoms with Gasteiger partial charge in [-0.05, 0) is 44.9 Å². The molecule has 0 bridgehead atoms. The second-order valence-electron chi connectivity index (χ2n) is 5.72. The van der Waals surface area contributed by atoms with E-state index in [9.17, 15) is 4.55 Å². The van der Waals surface area contributed by atoms with E-state index >= 15 is 0 Å². The van der Waals surface area contributed by atoms with Crippen LogP contribution in [-0.2, 0) is 17.9 Å². The van der Waals surface area contributed by atoms with Gasteiger partial charge in [0.15, 0.2) is 0 Å². The zero-order valence-electron chi connectivity index (χ0n) is 11.3. The van der Waals surface area contributed by atoms with Crippen LogP contribution in [0.4, 0.5) is 0 Å². The number of fused-ring (bicyclic) bond motifs is 1. The fraction of sp³-hybridized carbons (Fsp3) is 0.571. The molecule has 2 rings (SSSR count). The van der Waals surface area contributed by atoms with Gasteiger partial charge in [0.1, 0.15) is 4.75 Å². The van der Waals surface area contributed by atoms with Crippen LogP contribution in [0.5, 0.6) is 0 Å². The zero-order valence-corrected chi connectivity index (χ0v) is 12.1. The molecule has 100 valence electrons. The Hall–Kier alpha value is -0.550. The van der Waals surface area contributed by atoms with Gasteiger partial charge in [-0.25, -0.2) is 0 Å². The lowest BCUT2D eigenvalue weighted by molar-refractivity contribution is 0.510. The molecule has 18 heavy (non-hydrogen) atoms. The third kappa shape index (κ3) is 3.26. The molecule has 1 aliphatic rings. The Labute approximate surface area is 113 Å². The van der Waals surface area contributed by atoms with Crippen LogP contribution in [0.2, 0.25) is 0 Å². The lowest BCUT2D eigenvalue weighted by Gasteiger charge is -2.28. The lowest BCUT2D eigenvalue weighted by Crippen LogP contribution is -2.41. The SMILES string of the molecule is CC(C)(C)[S+]([O-])N[C@H]1CCNCc2ccccc21. The average Bonchev–Trinajstić information content (AvgIpc) is 2.51. The van der Waals surface area contributed by atoms with Crippen LogP contribution in [0.15, 0.2) is 24.3 Å². The van der Waals surface area contributed by atoms with Gasteiger partial charge in [-0.1, -0.05) is 24.3 Å². The first-order valence-electron chi connectivity index (χ1n) is 6.45. The normalized spacial score (nSPS) is 22.1. The Morgan fingerprint density at radius 1 is 1.33 bits per heavy atom. The standard InChI is InChI=1S/C14H22N2OS/c1-14(2,3)18(17)16-13-8-9-15-10-11-6-4-5-7-12(11)13/h4-7,13,15-16H,8-10H2,1-3H3/t13-,18?/m0/s1. The maximum Gasteiger partial charge on any atom is 0.136 e. The van der Waals surface area contributed by atoms with Crippen molar-refractivity contribution in [1.29, 1.82) is 0 Å². The van der Waals surface area contributed by atoms with Crippen molar-refractivity contribution in [2.45, 2.75) is 44.5 Å². The molecule has 3 nitrogen and oxygen atoms in total. The summed E-state index contributed by atoms with van der Waals surface area (Å²) in [4.78, 5) is 0. The van der Waals surface area contributed by atoms with Crippen molar-refractivity contribution >= 4 is 11.4 Å². The van der Waals surface area contributed by atoms with E-state index < -0.39 is 11.4 Å². The highest BCUT2D eigenvalue weighted by Gasteiger charge is 2.30. The number of nitrogens with one attached hydrogen (secondary N) is 2. The van der Waals surface area contributed by atoms with Crippen molar-refractivity contribution in [2.75, 3.05) is 6.54 Å². The Bertz CT molecular complexity index is 403. The molecular formula is C14H22N2OS. The van der Waals surface area contributed by atoms with Crippen molar-refractivity contribution in [2.24, 2.45) is 0 Å². The first-order chi connectivity index (χ1) is 8.48. The Morgan fingerprint density at radius 2 is 2.06 bits per heavy atom. The Balaban J connectivity index is 2.18. The minimum Gasteiger partial charge on any atom is -0.598 e. The first-order valence-corrected chi connectivity index (χ1v) is 7.60. The van der Waals surface area contributed by atoms with Gasteiger partial charge in [-0.2, -0.15) is 0 Å². The lowest BCUT2D eigenvalue weighted by atomic mass is 10.0. The third-order valence-corrected chi connectivity index (χ3v) is 4.77. The molecule has 2 atom stereocenters. The topological polar surface area (TPSA) is 47.1 Å². The van der Waals surface area contributed by atoms with Gasteiger partial charge in [0, 0.05) is 17.9 Å². The van der Waals surface area contributed by atoms with Crippen molar-refractivity contribution < 1.29 is 4.55 Å². The molecular weight excluding hydrogens is 244 g/mol. The first kappa shape index (κ1) is 13.9. The van der Waals surface area contributed by atoms with E-state index in [2.05, 4.69) is 34.3 Å². The summed E-state index contributed by atoms with van der Waals surface area (Å²) in [6.07, 6.45) is 0.971. The Kier molecular flexibility index (Phi) is 4.33. The number of hydrogen-bond donors (Lipinski definition) is 2. The molecule has 0 saturated heterocycles. The zero-order chi connectivity index (χ0) is 13.2. The highest BCUT2D eigenvalue weighted by atomic mass is 32.2. The molecule has 0 fully saturated rings. The van der Waals surface area contributed by atoms with E-state index in [-0.39, 0.29) is 10.8 Å². The van der Waals surface area contributed by atoms with Gasteiger partial charge < -0.3 is 9.87 Å². The van der Waals surface area contributed by atoms with E-state index in [1.54, 1.807) is 0 Å². The summed E-state index contributed by atoms with van der Waals surface area (Å²) in [5, 5.41) is 3.41. The molecule has 0 radical (unpaired) electrons. The highest BCUT2D eigenvalue weighted by molar-refractivity contribution is 7.90. The van der Waals surface area contributed by atoms with E-state index in [4.69, 9.17) is 0 Å². The maximum atomic E-state index is 12.2. The molecule has 0 spiro atoms. The van der Waals surface area contributed by atoms with E-state index in [0.29, 0.717) is 0 Å². The monoisotopic (exact) mass is 266 g/mol. The van der Waals surface area contributed by atoms with Gasteiger partial charge in [0.2, 0.25) is 0 Å². The summed E-state index contributed by atoms with van der Waals surface area (Å²) in [6, 6.07) is 8.57. The van der Waals surface area contributed by atoms with Crippen LogP contribution < -0.4 is 10.0 Å². The second-order valence-corrected chi connectivity index (χ2v) is 7.71. The molecule has 0 aromatic heterocycles. The fourth-order valence-electron chi connectivity index (χ4n) is 2.09. The Morgan fingerprint density at radius 3 is 2.78 bits per heavy atom. The van der Waals surface area contributed by atoms with Crippen LogP contribution in [-0.4, -0.2) is 15.8 Å². The fourth-order valence-corrected chi connectivity index (χ4v) is 2.95. The molecule has 0 saturated carbocycles. The summed E-state index contributed by atoms with van der Waals surface area (Å²) < 4.78 is 15.3. The minimum absolute atomic E-state index is 0.177. The minimum atomic E-state index is -1.03. The number of rotatable bonds is 2. The smallest absolute Gasteiger partial charge is 0.136 e. The van der Waals surface area contributed by atoms with Gasteiger partial charge in [-0.3, -0.25) is 0 Å². The van der Waals surface area contributed by atoms with Crippen molar-refractivity contribution in [3.63, 3.8) is 0 Å². The highest BCUT2D eigenvalue weighted by Crippen LogP contribution is 2.26. The summed E-state index contributed by atoms with van der Waals surface area (Å²) in [6.45, 7) is 7.84. The van der Waals surface area contributed by atoms with Crippen LogP contribution in [0, 0.1) is 0 Å². The molecule has 2 N–H and O–H groups in total. The van der Waals surface area contributed by atoms with Gasteiger partial charge in [-0.15, -0.1) is 4.72 Å². The van der Waals surface area contributed by atoms with Crippen molar-refractivity contribution in [3.05, 3.63) is 35.4 Å². The summed E-state index contributed by atoms with van der Waals surface area (Å²) in [5.41, 5.74) is 2.58. The van der Waals surface area contributed by atoms with Crippen molar-refractivity contribution in [1.82, 2.24) is 10.0 Å². The van der Waals surface area contributed by atoms with Crippen LogP contribution >= 0.6 is 0 Å². The van der Waals surface area contributed by atoms with Crippen LogP contribution in [0.3, 0.4) is 0 Å². The predicted molar refractivity (Wildman–Crippen MR) is 76.5 cm³/mol. The summed E-state index contributed by atoms with van der Waals surface area (Å²) in [5.74, 6) is 0. The number of hydrogen-bond acceptors (Lipinski definition) is 3. The van der Waals surface area contributed by atoms with E-state index in [1.807, 2.05) is 20.8 Å². The van der Waals surface area contributed by atoms with Gasteiger partial charge in [0.05, 0.1) is 6.04 Å². The van der Waals surface area contributed by atoms with E-state index in [1.165, 1.54) is 11.1 Å². The molecule has 1 aromatic rings. The van der Waals surface area contributed by atoms with Crippen LogP contribution in [0.25, 0.3) is 0 Å².